The molecule has 0 aliphatic carbocycles. The molecule has 118 valence electrons. The van der Waals surface area contributed by atoms with Crippen LogP contribution in [0.15, 0.2) is 0 Å². The maximum atomic E-state index is 12.3. The van der Waals surface area contributed by atoms with E-state index in [1.807, 2.05) is 13.8 Å². The lowest BCUT2D eigenvalue weighted by molar-refractivity contribution is -0.300. The first-order valence-electron chi connectivity index (χ1n) is 7.61. The van der Waals surface area contributed by atoms with Gasteiger partial charge in [-0.1, -0.05) is 5.92 Å². The first-order chi connectivity index (χ1) is 10.5. The Kier molecular flexibility index (Phi) is 4.01. The standard InChI is InChI=1S/C17H20O5/c1-4-5-6-9-12(18)13-14-15(22-16(2,3)20-14)17(21-13)10-7-8-11-19-17/h13-15H,7-8,10-11H2,1-3H3/t13-,14-,15-,17-/m1/s1. The van der Waals surface area contributed by atoms with E-state index in [4.69, 9.17) is 18.9 Å². The monoisotopic (exact) mass is 304 g/mol. The Balaban J connectivity index is 1.87. The molecule has 0 aromatic rings. The molecule has 3 saturated heterocycles. The van der Waals surface area contributed by atoms with Gasteiger partial charge in [0.15, 0.2) is 17.7 Å². The van der Waals surface area contributed by atoms with E-state index in [9.17, 15) is 4.79 Å². The summed E-state index contributed by atoms with van der Waals surface area (Å²) in [5.41, 5.74) is 0. The number of fused-ring (bicyclic) bond motifs is 2. The van der Waals surface area contributed by atoms with Crippen molar-refractivity contribution in [3.8, 4) is 23.7 Å². The zero-order valence-corrected chi connectivity index (χ0v) is 13.1. The van der Waals surface area contributed by atoms with Gasteiger partial charge in [-0.3, -0.25) is 4.79 Å². The predicted molar refractivity (Wildman–Crippen MR) is 77.5 cm³/mol. The molecule has 3 rings (SSSR count). The van der Waals surface area contributed by atoms with E-state index in [-0.39, 0.29) is 5.78 Å². The van der Waals surface area contributed by atoms with E-state index >= 15 is 0 Å². The van der Waals surface area contributed by atoms with Crippen LogP contribution < -0.4 is 0 Å². The molecule has 0 aromatic carbocycles. The molecule has 0 bridgehead atoms. The molecule has 0 radical (unpaired) electrons. The Hall–Kier alpha value is -1.37. The summed E-state index contributed by atoms with van der Waals surface area (Å²) in [6.07, 6.45) is 0.953. The van der Waals surface area contributed by atoms with E-state index in [0.717, 1.165) is 12.8 Å². The lowest BCUT2D eigenvalue weighted by atomic mass is 9.97. The fraction of sp³-hybridized carbons (Fsp3) is 0.706. The van der Waals surface area contributed by atoms with Crippen molar-refractivity contribution in [2.24, 2.45) is 0 Å². The number of Topliss-reactive ketones (excluding diaryl/α,β-unsaturated/α-hetero) is 1. The summed E-state index contributed by atoms with van der Waals surface area (Å²) in [5.74, 6) is 8.23. The van der Waals surface area contributed by atoms with Gasteiger partial charge in [-0.2, -0.15) is 0 Å². The number of ketones is 1. The van der Waals surface area contributed by atoms with Crippen molar-refractivity contribution >= 4 is 5.78 Å². The van der Waals surface area contributed by atoms with Gasteiger partial charge in [-0.25, -0.2) is 0 Å². The highest BCUT2D eigenvalue weighted by atomic mass is 16.8. The van der Waals surface area contributed by atoms with Gasteiger partial charge in [0.05, 0.1) is 6.61 Å². The lowest BCUT2D eigenvalue weighted by Crippen LogP contribution is -2.47. The van der Waals surface area contributed by atoms with Crippen LogP contribution in [0.5, 0.6) is 0 Å². The van der Waals surface area contributed by atoms with Crippen molar-refractivity contribution < 1.29 is 23.7 Å². The molecule has 3 aliphatic rings. The van der Waals surface area contributed by atoms with E-state index in [1.54, 1.807) is 6.92 Å². The molecule has 3 aliphatic heterocycles. The molecule has 5 heteroatoms. The summed E-state index contributed by atoms with van der Waals surface area (Å²) in [4.78, 5) is 12.3. The minimum atomic E-state index is -0.894. The van der Waals surface area contributed by atoms with Crippen LogP contribution in [0.2, 0.25) is 0 Å². The third kappa shape index (κ3) is 2.66. The van der Waals surface area contributed by atoms with Gasteiger partial charge in [0.25, 0.3) is 0 Å². The van der Waals surface area contributed by atoms with Gasteiger partial charge >= 0.3 is 0 Å². The summed E-state index contributed by atoms with van der Waals surface area (Å²) >= 11 is 0. The van der Waals surface area contributed by atoms with E-state index in [2.05, 4.69) is 23.7 Å². The van der Waals surface area contributed by atoms with Crippen molar-refractivity contribution in [1.82, 2.24) is 0 Å². The van der Waals surface area contributed by atoms with Crippen LogP contribution in [0.1, 0.15) is 40.0 Å². The minimum absolute atomic E-state index is 0.343. The molecule has 4 atom stereocenters. The predicted octanol–water partition coefficient (Wildman–Crippen LogP) is 1.40. The average Bonchev–Trinajstić information content (AvgIpc) is 2.94. The number of carbonyl (C=O) groups is 1. The zero-order chi connectivity index (χ0) is 15.8. The number of hydrogen-bond donors (Lipinski definition) is 0. The third-order valence-electron chi connectivity index (χ3n) is 4.08. The largest absolute Gasteiger partial charge is 0.347 e. The van der Waals surface area contributed by atoms with Crippen molar-refractivity contribution in [1.29, 1.82) is 0 Å². The summed E-state index contributed by atoms with van der Waals surface area (Å²) < 4.78 is 23.7. The highest BCUT2D eigenvalue weighted by molar-refractivity contribution is 6.00. The van der Waals surface area contributed by atoms with Crippen LogP contribution in [-0.4, -0.2) is 42.3 Å². The van der Waals surface area contributed by atoms with Gasteiger partial charge < -0.3 is 18.9 Å². The summed E-state index contributed by atoms with van der Waals surface area (Å²) in [6, 6.07) is 0. The summed E-state index contributed by atoms with van der Waals surface area (Å²) in [5, 5.41) is 0. The van der Waals surface area contributed by atoms with Crippen LogP contribution in [0, 0.1) is 23.7 Å². The fourth-order valence-corrected chi connectivity index (χ4v) is 3.24. The highest BCUT2D eigenvalue weighted by Gasteiger charge is 2.65. The number of ether oxygens (including phenoxy) is 4. The molecule has 0 unspecified atom stereocenters. The zero-order valence-electron chi connectivity index (χ0n) is 13.1. The number of carbonyl (C=O) groups excluding carboxylic acids is 1. The van der Waals surface area contributed by atoms with Crippen LogP contribution in [0.25, 0.3) is 0 Å². The summed E-state index contributed by atoms with van der Waals surface area (Å²) in [6.45, 7) is 5.93. The van der Waals surface area contributed by atoms with Gasteiger partial charge in [0, 0.05) is 6.42 Å². The molecule has 0 N–H and O–H groups in total. The Morgan fingerprint density at radius 3 is 2.64 bits per heavy atom. The molecule has 0 saturated carbocycles. The smallest absolute Gasteiger partial charge is 0.238 e. The van der Waals surface area contributed by atoms with E-state index in [0.29, 0.717) is 13.0 Å². The third-order valence-corrected chi connectivity index (χ3v) is 4.08. The Bertz CT molecular complexity index is 580. The quantitative estimate of drug-likeness (QED) is 0.541. The molecule has 0 amide bonds. The topological polar surface area (TPSA) is 54.0 Å². The Morgan fingerprint density at radius 2 is 1.95 bits per heavy atom. The lowest BCUT2D eigenvalue weighted by Gasteiger charge is -2.37. The number of rotatable bonds is 1. The molecule has 3 fully saturated rings. The second-order valence-corrected chi connectivity index (χ2v) is 6.17. The summed E-state index contributed by atoms with van der Waals surface area (Å²) in [7, 11) is 0. The van der Waals surface area contributed by atoms with Crippen LogP contribution >= 0.6 is 0 Å². The molecule has 0 aromatic heterocycles. The van der Waals surface area contributed by atoms with Gasteiger partial charge in [-0.15, -0.1) is 0 Å². The second kappa shape index (κ2) is 5.68. The van der Waals surface area contributed by atoms with Crippen molar-refractivity contribution in [2.75, 3.05) is 6.61 Å². The molecule has 5 nitrogen and oxygen atoms in total. The van der Waals surface area contributed by atoms with Crippen molar-refractivity contribution in [2.45, 2.75) is 69.9 Å². The van der Waals surface area contributed by atoms with Gasteiger partial charge in [-0.05, 0) is 51.4 Å². The molecular weight excluding hydrogens is 284 g/mol. The normalized spacial score (nSPS) is 38.6. The maximum Gasteiger partial charge on any atom is 0.238 e. The van der Waals surface area contributed by atoms with Crippen LogP contribution in [0.4, 0.5) is 0 Å². The van der Waals surface area contributed by atoms with Gasteiger partial charge in [0.1, 0.15) is 12.2 Å². The molecule has 1 spiro atoms. The Labute approximate surface area is 130 Å². The SMILES string of the molecule is CC#CC#CC(=O)[C@H]1O[C@]2(CCCCO2)[C@@H]2OC(C)(C)O[C@H]12. The van der Waals surface area contributed by atoms with E-state index < -0.39 is 29.9 Å². The highest BCUT2D eigenvalue weighted by Crippen LogP contribution is 2.48. The maximum absolute atomic E-state index is 12.3. The first kappa shape index (κ1) is 15.5. The van der Waals surface area contributed by atoms with E-state index in [1.165, 1.54) is 0 Å². The fourth-order valence-electron chi connectivity index (χ4n) is 3.24. The molecule has 3 heterocycles. The Morgan fingerprint density at radius 1 is 1.14 bits per heavy atom. The van der Waals surface area contributed by atoms with Crippen molar-refractivity contribution in [3.63, 3.8) is 0 Å². The minimum Gasteiger partial charge on any atom is -0.347 e. The first-order valence-corrected chi connectivity index (χ1v) is 7.61. The molecular formula is C17H20O5. The average molecular weight is 304 g/mol. The molecule has 22 heavy (non-hydrogen) atoms. The number of hydrogen-bond acceptors (Lipinski definition) is 5. The van der Waals surface area contributed by atoms with Crippen LogP contribution in [-0.2, 0) is 23.7 Å². The van der Waals surface area contributed by atoms with Crippen molar-refractivity contribution in [3.05, 3.63) is 0 Å². The van der Waals surface area contributed by atoms with Crippen LogP contribution in [0.3, 0.4) is 0 Å². The van der Waals surface area contributed by atoms with Gasteiger partial charge in [0.2, 0.25) is 5.78 Å². The second-order valence-electron chi connectivity index (χ2n) is 6.17.